The zero-order chi connectivity index (χ0) is 18.6. The maximum atomic E-state index is 14.3. The van der Waals surface area contributed by atoms with E-state index in [-0.39, 0.29) is 23.2 Å². The molecule has 0 unspecified atom stereocenters. The van der Waals surface area contributed by atoms with Crippen molar-refractivity contribution in [3.8, 4) is 11.1 Å². The number of ether oxygens (including phenoxy) is 1. The minimum absolute atomic E-state index is 0.108. The van der Waals surface area contributed by atoms with Crippen molar-refractivity contribution in [2.75, 3.05) is 7.11 Å². The van der Waals surface area contributed by atoms with Gasteiger partial charge in [0.15, 0.2) is 0 Å². The predicted octanol–water partition coefficient (Wildman–Crippen LogP) is 2.42. The molecule has 7 heteroatoms. The number of hydrogen-bond donors (Lipinski definition) is 2. The maximum Gasteiger partial charge on any atom is 0.341 e. The fraction of sp³-hybridized carbons (Fsp3) is 0.222. The van der Waals surface area contributed by atoms with E-state index in [0.717, 1.165) is 19.2 Å². The molecule has 5 nitrogen and oxygen atoms in total. The van der Waals surface area contributed by atoms with Crippen molar-refractivity contribution in [2.24, 2.45) is 0 Å². The quantitative estimate of drug-likeness (QED) is 0.813. The molecule has 0 radical (unpaired) electrons. The second kappa shape index (κ2) is 7.85. The number of carbonyl (C=O) groups is 2. The third-order valence-electron chi connectivity index (χ3n) is 3.60. The highest BCUT2D eigenvalue weighted by Gasteiger charge is 2.19. The number of hydrogen-bond acceptors (Lipinski definition) is 4. The van der Waals surface area contributed by atoms with Crippen LogP contribution in [0.15, 0.2) is 36.4 Å². The lowest BCUT2D eigenvalue weighted by Crippen LogP contribution is -2.32. The summed E-state index contributed by atoms with van der Waals surface area (Å²) in [4.78, 5) is 23.1. The van der Waals surface area contributed by atoms with Crippen LogP contribution in [0, 0.1) is 11.6 Å². The number of methoxy groups -OCH3 is 1. The topological polar surface area (TPSA) is 75.6 Å². The van der Waals surface area contributed by atoms with Gasteiger partial charge in [0.2, 0.25) is 5.91 Å². The predicted molar refractivity (Wildman–Crippen MR) is 86.7 cm³/mol. The van der Waals surface area contributed by atoms with E-state index >= 15 is 0 Å². The van der Waals surface area contributed by atoms with Crippen LogP contribution in [-0.2, 0) is 16.1 Å². The summed E-state index contributed by atoms with van der Waals surface area (Å²) in [6, 6.07) is 8.08. The lowest BCUT2D eigenvalue weighted by Gasteiger charge is -2.12. The van der Waals surface area contributed by atoms with E-state index in [4.69, 9.17) is 5.11 Å². The molecule has 1 amide bonds. The van der Waals surface area contributed by atoms with Crippen LogP contribution >= 0.6 is 0 Å². The van der Waals surface area contributed by atoms with Gasteiger partial charge < -0.3 is 15.2 Å². The van der Waals surface area contributed by atoms with Crippen molar-refractivity contribution < 1.29 is 28.2 Å². The summed E-state index contributed by atoms with van der Waals surface area (Å²) in [6.45, 7) is 1.19. The molecule has 0 spiro atoms. The molecule has 0 aliphatic heterocycles. The van der Waals surface area contributed by atoms with Gasteiger partial charge >= 0.3 is 5.97 Å². The van der Waals surface area contributed by atoms with E-state index in [1.54, 1.807) is 0 Å². The third kappa shape index (κ3) is 4.19. The van der Waals surface area contributed by atoms with Crippen LogP contribution in [0.4, 0.5) is 8.78 Å². The normalized spacial score (nSPS) is 11.7. The second-order valence-electron chi connectivity index (χ2n) is 5.35. The Labute approximate surface area is 143 Å². The Balaban J connectivity index is 2.34. The Morgan fingerprint density at radius 3 is 2.52 bits per heavy atom. The average molecular weight is 349 g/mol. The molecule has 2 aromatic carbocycles. The Kier molecular flexibility index (Phi) is 5.82. The smallest absolute Gasteiger partial charge is 0.341 e. The summed E-state index contributed by atoms with van der Waals surface area (Å²) < 4.78 is 32.8. The van der Waals surface area contributed by atoms with Crippen LogP contribution in [0.25, 0.3) is 11.1 Å². The van der Waals surface area contributed by atoms with Gasteiger partial charge in [-0.3, -0.25) is 4.79 Å². The molecular formula is C18H17F2NO4. The first-order valence-electron chi connectivity index (χ1n) is 7.46. The van der Waals surface area contributed by atoms with Gasteiger partial charge in [-0.05, 0) is 30.2 Å². The summed E-state index contributed by atoms with van der Waals surface area (Å²) in [7, 11) is 1.13. The molecule has 0 saturated carbocycles. The lowest BCUT2D eigenvalue weighted by molar-refractivity contribution is -0.128. The Bertz CT molecular complexity index is 806. The number of rotatable bonds is 5. The van der Waals surface area contributed by atoms with Crippen LogP contribution in [-0.4, -0.2) is 30.2 Å². The van der Waals surface area contributed by atoms with Gasteiger partial charge in [0.1, 0.15) is 23.3 Å². The molecule has 1 atom stereocenters. The second-order valence-corrected chi connectivity index (χ2v) is 5.35. The van der Waals surface area contributed by atoms with E-state index in [0.29, 0.717) is 5.56 Å². The highest BCUT2D eigenvalue weighted by atomic mass is 19.1. The highest BCUT2D eigenvalue weighted by Crippen LogP contribution is 2.28. The molecule has 0 aromatic heterocycles. The number of halogens is 2. The molecule has 0 bridgehead atoms. The molecule has 25 heavy (non-hydrogen) atoms. The number of nitrogens with one attached hydrogen (secondary N) is 1. The fourth-order valence-electron chi connectivity index (χ4n) is 2.26. The number of amides is 1. The standard InChI is InChI=1S/C18H17F2NO4/c1-10(22)17(23)21-9-12-7-6-11(8-15(12)20)13-4-3-5-14(19)16(13)18(24)25-2/h3-8,10,22H,9H2,1-2H3,(H,21,23)/t10-/m1/s1. The van der Waals surface area contributed by atoms with Gasteiger partial charge in [0.05, 0.1) is 7.11 Å². The molecule has 0 aliphatic carbocycles. The van der Waals surface area contributed by atoms with E-state index in [1.165, 1.54) is 31.2 Å². The van der Waals surface area contributed by atoms with Gasteiger partial charge in [-0.1, -0.05) is 24.3 Å². The van der Waals surface area contributed by atoms with Crippen molar-refractivity contribution in [1.29, 1.82) is 0 Å². The van der Waals surface area contributed by atoms with Crippen LogP contribution in [0.5, 0.6) is 0 Å². The number of carbonyl (C=O) groups excluding carboxylic acids is 2. The largest absolute Gasteiger partial charge is 0.465 e. The molecule has 0 fully saturated rings. The number of aliphatic hydroxyl groups excluding tert-OH is 1. The molecule has 2 aromatic rings. The summed E-state index contributed by atoms with van der Waals surface area (Å²) in [5.74, 6) is -2.88. The molecule has 132 valence electrons. The van der Waals surface area contributed by atoms with Crippen LogP contribution < -0.4 is 5.32 Å². The maximum absolute atomic E-state index is 14.3. The van der Waals surface area contributed by atoms with E-state index < -0.39 is 29.6 Å². The van der Waals surface area contributed by atoms with Crippen molar-refractivity contribution in [3.63, 3.8) is 0 Å². The monoisotopic (exact) mass is 349 g/mol. The minimum Gasteiger partial charge on any atom is -0.465 e. The van der Waals surface area contributed by atoms with Crippen molar-refractivity contribution >= 4 is 11.9 Å². The Morgan fingerprint density at radius 2 is 1.92 bits per heavy atom. The Hall–Kier alpha value is -2.80. The van der Waals surface area contributed by atoms with Gasteiger partial charge in [0.25, 0.3) is 0 Å². The van der Waals surface area contributed by atoms with Crippen molar-refractivity contribution in [1.82, 2.24) is 5.32 Å². The summed E-state index contributed by atoms with van der Waals surface area (Å²) in [5.41, 5.74) is 0.404. The zero-order valence-electron chi connectivity index (χ0n) is 13.7. The van der Waals surface area contributed by atoms with Crippen LogP contribution in [0.3, 0.4) is 0 Å². The van der Waals surface area contributed by atoms with Crippen LogP contribution in [0.1, 0.15) is 22.8 Å². The molecule has 2 rings (SSSR count). The first-order chi connectivity index (χ1) is 11.8. The fourth-order valence-corrected chi connectivity index (χ4v) is 2.26. The molecule has 0 heterocycles. The number of esters is 1. The molecule has 2 N–H and O–H groups in total. The molecule has 0 aliphatic rings. The van der Waals surface area contributed by atoms with Gasteiger partial charge in [-0.2, -0.15) is 0 Å². The van der Waals surface area contributed by atoms with Crippen molar-refractivity contribution in [3.05, 3.63) is 59.2 Å². The van der Waals surface area contributed by atoms with Crippen LogP contribution in [0.2, 0.25) is 0 Å². The average Bonchev–Trinajstić information content (AvgIpc) is 2.59. The van der Waals surface area contributed by atoms with E-state index in [1.807, 2.05) is 0 Å². The number of benzene rings is 2. The third-order valence-corrected chi connectivity index (χ3v) is 3.60. The first-order valence-corrected chi connectivity index (χ1v) is 7.46. The SMILES string of the molecule is COC(=O)c1c(F)cccc1-c1ccc(CNC(=O)[C@@H](C)O)c(F)c1. The summed E-state index contributed by atoms with van der Waals surface area (Å²) in [6.07, 6.45) is -1.20. The van der Waals surface area contributed by atoms with E-state index in [2.05, 4.69) is 10.1 Å². The lowest BCUT2D eigenvalue weighted by atomic mass is 9.98. The number of aliphatic hydroxyl groups is 1. The summed E-state index contributed by atoms with van der Waals surface area (Å²) in [5, 5.41) is 11.5. The zero-order valence-corrected chi connectivity index (χ0v) is 13.7. The highest BCUT2D eigenvalue weighted by molar-refractivity contribution is 5.97. The van der Waals surface area contributed by atoms with Gasteiger partial charge in [-0.15, -0.1) is 0 Å². The molecule has 0 saturated heterocycles. The van der Waals surface area contributed by atoms with Gasteiger partial charge in [-0.25, -0.2) is 13.6 Å². The van der Waals surface area contributed by atoms with Crippen molar-refractivity contribution in [2.45, 2.75) is 19.6 Å². The molecular weight excluding hydrogens is 332 g/mol. The minimum atomic E-state index is -1.20. The van der Waals surface area contributed by atoms with Gasteiger partial charge in [0, 0.05) is 12.1 Å². The Morgan fingerprint density at radius 1 is 1.20 bits per heavy atom. The summed E-state index contributed by atoms with van der Waals surface area (Å²) >= 11 is 0. The van der Waals surface area contributed by atoms with E-state index in [9.17, 15) is 18.4 Å². The first kappa shape index (κ1) is 18.5.